The van der Waals surface area contributed by atoms with E-state index in [9.17, 15) is 15.0 Å². The molecule has 2 unspecified atom stereocenters. The average molecular weight is 959 g/mol. The van der Waals surface area contributed by atoms with Crippen LogP contribution < -0.4 is 5.32 Å². The van der Waals surface area contributed by atoms with E-state index in [0.29, 0.717) is 12.8 Å². The molecule has 2 atom stereocenters. The van der Waals surface area contributed by atoms with Gasteiger partial charge in [-0.1, -0.05) is 341 Å². The second-order valence-electron chi connectivity index (χ2n) is 22.2. The number of aliphatic hydroxyl groups is 2. The number of carbonyl (C=O) groups excluding carboxylic acids is 1. The molecule has 0 spiro atoms. The molecule has 0 aromatic heterocycles. The first kappa shape index (κ1) is 67.1. The van der Waals surface area contributed by atoms with Crippen molar-refractivity contribution in [3.8, 4) is 0 Å². The summed E-state index contributed by atoms with van der Waals surface area (Å²) in [6.07, 6.45) is 79.5. The fraction of sp³-hybridized carbons (Fsp3) is 0.953. The molecule has 406 valence electrons. The summed E-state index contributed by atoms with van der Waals surface area (Å²) in [6.45, 7) is 4.41. The number of aliphatic hydroxyl groups excluding tert-OH is 2. The van der Waals surface area contributed by atoms with Crippen molar-refractivity contribution in [3.05, 3.63) is 12.2 Å². The molecule has 0 saturated heterocycles. The number of unbranched alkanes of at least 4 members (excludes halogenated alkanes) is 51. The second kappa shape index (κ2) is 60.4. The van der Waals surface area contributed by atoms with Crippen LogP contribution in [0.4, 0.5) is 0 Å². The highest BCUT2D eigenvalue weighted by Crippen LogP contribution is 2.19. The lowest BCUT2D eigenvalue weighted by Crippen LogP contribution is -2.45. The van der Waals surface area contributed by atoms with Crippen LogP contribution in [-0.2, 0) is 4.79 Å². The third kappa shape index (κ3) is 56.0. The highest BCUT2D eigenvalue weighted by molar-refractivity contribution is 5.76. The van der Waals surface area contributed by atoms with E-state index in [-0.39, 0.29) is 12.5 Å². The van der Waals surface area contributed by atoms with Crippen LogP contribution in [0.3, 0.4) is 0 Å². The van der Waals surface area contributed by atoms with Crippen LogP contribution in [0.25, 0.3) is 0 Å². The molecular weight excluding hydrogens is 831 g/mol. The Labute approximate surface area is 428 Å². The normalized spacial score (nSPS) is 12.7. The molecule has 0 bridgehead atoms. The summed E-state index contributed by atoms with van der Waals surface area (Å²) in [5.74, 6) is -0.0228. The Balaban J connectivity index is 3.39. The topological polar surface area (TPSA) is 69.6 Å². The lowest BCUT2D eigenvalue weighted by atomic mass is 10.0. The second-order valence-corrected chi connectivity index (χ2v) is 22.2. The van der Waals surface area contributed by atoms with Crippen molar-refractivity contribution < 1.29 is 15.0 Å². The predicted molar refractivity (Wildman–Crippen MR) is 304 cm³/mol. The molecule has 0 aliphatic heterocycles. The van der Waals surface area contributed by atoms with E-state index in [1.165, 1.54) is 321 Å². The minimum absolute atomic E-state index is 0.0228. The summed E-state index contributed by atoms with van der Waals surface area (Å²) >= 11 is 0. The van der Waals surface area contributed by atoms with Crippen LogP contribution >= 0.6 is 0 Å². The van der Waals surface area contributed by atoms with E-state index in [0.717, 1.165) is 25.7 Å². The van der Waals surface area contributed by atoms with Crippen LogP contribution in [0.5, 0.6) is 0 Å². The average Bonchev–Trinajstić information content (AvgIpc) is 3.34. The molecule has 0 radical (unpaired) electrons. The number of carbonyl (C=O) groups is 1. The van der Waals surface area contributed by atoms with Gasteiger partial charge < -0.3 is 15.5 Å². The summed E-state index contributed by atoms with van der Waals surface area (Å²) in [4.78, 5) is 12.5. The number of amides is 1. The lowest BCUT2D eigenvalue weighted by molar-refractivity contribution is -0.123. The van der Waals surface area contributed by atoms with Gasteiger partial charge >= 0.3 is 0 Å². The minimum atomic E-state index is -0.658. The first-order chi connectivity index (χ1) is 33.7. The monoisotopic (exact) mass is 958 g/mol. The van der Waals surface area contributed by atoms with Gasteiger partial charge in [0.2, 0.25) is 5.91 Å². The first-order valence-corrected chi connectivity index (χ1v) is 31.9. The fourth-order valence-electron chi connectivity index (χ4n) is 10.4. The van der Waals surface area contributed by atoms with Gasteiger partial charge in [-0.3, -0.25) is 4.79 Å². The summed E-state index contributed by atoms with van der Waals surface area (Å²) in [5, 5.41) is 23.4. The quantitative estimate of drug-likeness (QED) is 0.0420. The Hall–Kier alpha value is -0.870. The van der Waals surface area contributed by atoms with Gasteiger partial charge in [0, 0.05) is 6.42 Å². The summed E-state index contributed by atoms with van der Waals surface area (Å²) in [7, 11) is 0. The van der Waals surface area contributed by atoms with E-state index in [2.05, 4.69) is 31.3 Å². The van der Waals surface area contributed by atoms with Crippen molar-refractivity contribution in [2.24, 2.45) is 0 Å². The molecule has 0 aromatic rings. The van der Waals surface area contributed by atoms with E-state index in [4.69, 9.17) is 0 Å². The lowest BCUT2D eigenvalue weighted by Gasteiger charge is -2.22. The number of hydrogen-bond acceptors (Lipinski definition) is 3. The molecule has 4 heteroatoms. The summed E-state index contributed by atoms with van der Waals surface area (Å²) in [5.41, 5.74) is 0. The number of hydrogen-bond donors (Lipinski definition) is 3. The molecule has 3 N–H and O–H groups in total. The Kier molecular flexibility index (Phi) is 59.7. The highest BCUT2D eigenvalue weighted by Gasteiger charge is 2.20. The van der Waals surface area contributed by atoms with Crippen molar-refractivity contribution in [1.29, 1.82) is 0 Å². The van der Waals surface area contributed by atoms with Crippen LogP contribution in [0, 0.1) is 0 Å². The zero-order valence-corrected chi connectivity index (χ0v) is 46.9. The fourth-order valence-corrected chi connectivity index (χ4v) is 10.4. The van der Waals surface area contributed by atoms with E-state index in [1.54, 1.807) is 0 Å². The maximum Gasteiger partial charge on any atom is 0.220 e. The van der Waals surface area contributed by atoms with Gasteiger partial charge in [0.15, 0.2) is 0 Å². The highest BCUT2D eigenvalue weighted by atomic mass is 16.3. The standard InChI is InChI=1S/C64H127NO3/c1-3-5-7-9-11-13-15-17-19-21-23-25-27-29-31-32-34-35-37-39-41-43-45-47-49-51-53-55-57-59-63(67)62(61-66)65-64(68)60-58-56-54-52-50-48-46-44-42-40-38-36-33-30-28-26-24-22-20-18-16-14-12-10-8-6-4-2/h22,24,62-63,66-67H,3-21,23,25-61H2,1-2H3,(H,65,68)/b24-22-. The molecular formula is C64H127NO3. The van der Waals surface area contributed by atoms with Gasteiger partial charge in [0.1, 0.15) is 0 Å². The Morgan fingerprint density at radius 3 is 0.809 bits per heavy atom. The molecule has 1 amide bonds. The van der Waals surface area contributed by atoms with Crippen molar-refractivity contribution in [1.82, 2.24) is 5.32 Å². The van der Waals surface area contributed by atoms with E-state index < -0.39 is 12.1 Å². The molecule has 0 aliphatic carbocycles. The Morgan fingerprint density at radius 1 is 0.338 bits per heavy atom. The molecule has 0 aliphatic rings. The molecule has 0 rings (SSSR count). The van der Waals surface area contributed by atoms with Gasteiger partial charge in [0.05, 0.1) is 18.8 Å². The van der Waals surface area contributed by atoms with Gasteiger partial charge in [0.25, 0.3) is 0 Å². The molecule has 0 heterocycles. The largest absolute Gasteiger partial charge is 0.394 e. The van der Waals surface area contributed by atoms with Crippen LogP contribution in [0.2, 0.25) is 0 Å². The molecule has 0 fully saturated rings. The van der Waals surface area contributed by atoms with Gasteiger partial charge in [-0.05, 0) is 38.5 Å². The van der Waals surface area contributed by atoms with Crippen LogP contribution in [0.1, 0.15) is 373 Å². The molecule has 0 saturated carbocycles. The number of nitrogens with one attached hydrogen (secondary N) is 1. The number of allylic oxidation sites excluding steroid dienone is 2. The Bertz CT molecular complexity index is 952. The first-order valence-electron chi connectivity index (χ1n) is 31.9. The van der Waals surface area contributed by atoms with Gasteiger partial charge in [-0.25, -0.2) is 0 Å². The third-order valence-corrected chi connectivity index (χ3v) is 15.3. The SMILES string of the molecule is CCCCCCCCCC/C=C\CCCCCCCCCCCCCCCCCC(=O)NC(CO)C(O)CCCCCCCCCCCCCCCCCCCCCCCCCCCCCCC. The van der Waals surface area contributed by atoms with Gasteiger partial charge in [-0.15, -0.1) is 0 Å². The van der Waals surface area contributed by atoms with Gasteiger partial charge in [-0.2, -0.15) is 0 Å². The maximum absolute atomic E-state index is 12.5. The Morgan fingerprint density at radius 2 is 0.559 bits per heavy atom. The molecule has 68 heavy (non-hydrogen) atoms. The number of rotatable bonds is 60. The maximum atomic E-state index is 12.5. The van der Waals surface area contributed by atoms with E-state index >= 15 is 0 Å². The zero-order chi connectivity index (χ0) is 49.2. The predicted octanol–water partition coefficient (Wildman–Crippen LogP) is 21.3. The van der Waals surface area contributed by atoms with Crippen molar-refractivity contribution >= 4 is 5.91 Å². The van der Waals surface area contributed by atoms with Crippen molar-refractivity contribution in [2.45, 2.75) is 386 Å². The molecule has 0 aromatic carbocycles. The summed E-state index contributed by atoms with van der Waals surface area (Å²) < 4.78 is 0. The van der Waals surface area contributed by atoms with Crippen molar-refractivity contribution in [3.63, 3.8) is 0 Å². The minimum Gasteiger partial charge on any atom is -0.394 e. The van der Waals surface area contributed by atoms with Crippen LogP contribution in [-0.4, -0.2) is 34.9 Å². The summed E-state index contributed by atoms with van der Waals surface area (Å²) in [6, 6.07) is -0.534. The van der Waals surface area contributed by atoms with Crippen LogP contribution in [0.15, 0.2) is 12.2 Å². The molecule has 4 nitrogen and oxygen atoms in total. The zero-order valence-electron chi connectivity index (χ0n) is 46.9. The smallest absolute Gasteiger partial charge is 0.220 e. The third-order valence-electron chi connectivity index (χ3n) is 15.3. The van der Waals surface area contributed by atoms with Crippen molar-refractivity contribution in [2.75, 3.05) is 6.61 Å². The van der Waals surface area contributed by atoms with E-state index in [1.807, 2.05) is 0 Å².